The third kappa shape index (κ3) is 4.30. The lowest BCUT2D eigenvalue weighted by Crippen LogP contribution is -2.16. The second-order valence-electron chi connectivity index (χ2n) is 7.39. The first-order valence-corrected chi connectivity index (χ1v) is 10.8. The molecule has 154 valence electrons. The number of nitriles is 1. The Bertz CT molecular complexity index is 1110. The van der Waals surface area contributed by atoms with Gasteiger partial charge in [0.2, 0.25) is 0 Å². The molecule has 1 saturated heterocycles. The van der Waals surface area contributed by atoms with E-state index in [1.807, 2.05) is 50.2 Å². The summed E-state index contributed by atoms with van der Waals surface area (Å²) in [4.78, 5) is 16.9. The van der Waals surface area contributed by atoms with Crippen LogP contribution in [0.1, 0.15) is 34.8 Å². The molecule has 2 aromatic heterocycles. The number of aryl methyl sites for hydroxylation is 1. The minimum atomic E-state index is -0.638. The number of fused-ring (bicyclic) bond motifs is 1. The highest BCUT2D eigenvalue weighted by Crippen LogP contribution is 2.24. The van der Waals surface area contributed by atoms with Crippen LogP contribution in [0.4, 0.5) is 0 Å². The summed E-state index contributed by atoms with van der Waals surface area (Å²) in [7, 11) is 0. The van der Waals surface area contributed by atoms with Crippen LogP contribution in [-0.4, -0.2) is 28.2 Å². The number of ether oxygens (including phenoxy) is 2. The molecule has 1 atom stereocenters. The van der Waals surface area contributed by atoms with E-state index in [0.29, 0.717) is 5.01 Å². The zero-order chi connectivity index (χ0) is 21.1. The predicted octanol–water partition coefficient (Wildman–Crippen LogP) is 4.54. The standard InChI is InChI=1S/C23H23N3O3S/c1-15-10-17(16(2)26(15)13-19-6-5-9-28-19)11-18(12-24)23(27)29-14-22-25-20-7-3-4-8-21(20)30-22/h3-4,7-8,10-11,19H,5-6,9,13-14H2,1-2H3/b18-11+/t19-/m1/s1. The number of rotatable bonds is 6. The molecule has 4 rings (SSSR count). The van der Waals surface area contributed by atoms with E-state index in [1.54, 1.807) is 6.08 Å². The molecule has 0 bridgehead atoms. The largest absolute Gasteiger partial charge is 0.454 e. The molecular formula is C23H23N3O3S. The van der Waals surface area contributed by atoms with Crippen LogP contribution in [0.15, 0.2) is 35.9 Å². The Kier molecular flexibility index (Phi) is 5.98. The van der Waals surface area contributed by atoms with E-state index in [1.165, 1.54) is 11.3 Å². The molecule has 30 heavy (non-hydrogen) atoms. The maximum atomic E-state index is 12.5. The van der Waals surface area contributed by atoms with Gasteiger partial charge in [-0.1, -0.05) is 12.1 Å². The van der Waals surface area contributed by atoms with Gasteiger partial charge in [-0.05, 0) is 56.5 Å². The molecule has 0 amide bonds. The van der Waals surface area contributed by atoms with Gasteiger partial charge in [-0.25, -0.2) is 9.78 Å². The van der Waals surface area contributed by atoms with Crippen molar-refractivity contribution in [2.75, 3.05) is 6.61 Å². The van der Waals surface area contributed by atoms with E-state index in [0.717, 1.165) is 53.2 Å². The molecule has 1 aromatic carbocycles. The van der Waals surface area contributed by atoms with Gasteiger partial charge < -0.3 is 14.0 Å². The number of aromatic nitrogens is 2. The molecule has 0 unspecified atom stereocenters. The Morgan fingerprint density at radius 2 is 2.27 bits per heavy atom. The van der Waals surface area contributed by atoms with Crippen molar-refractivity contribution < 1.29 is 14.3 Å². The van der Waals surface area contributed by atoms with Crippen molar-refractivity contribution in [3.05, 3.63) is 57.9 Å². The average molecular weight is 422 g/mol. The smallest absolute Gasteiger partial charge is 0.349 e. The van der Waals surface area contributed by atoms with E-state index < -0.39 is 5.97 Å². The lowest BCUT2D eigenvalue weighted by atomic mass is 10.1. The van der Waals surface area contributed by atoms with Gasteiger partial charge in [-0.2, -0.15) is 5.26 Å². The molecule has 0 saturated carbocycles. The fraction of sp³-hybridized carbons (Fsp3) is 0.348. The summed E-state index contributed by atoms with van der Waals surface area (Å²) in [6, 6.07) is 11.7. The number of esters is 1. The van der Waals surface area contributed by atoms with Crippen LogP contribution in [0.5, 0.6) is 0 Å². The van der Waals surface area contributed by atoms with Gasteiger partial charge in [0.05, 0.1) is 16.3 Å². The maximum absolute atomic E-state index is 12.5. The zero-order valence-corrected chi connectivity index (χ0v) is 17.9. The van der Waals surface area contributed by atoms with Crippen molar-refractivity contribution in [1.82, 2.24) is 9.55 Å². The first-order chi connectivity index (χ1) is 14.5. The zero-order valence-electron chi connectivity index (χ0n) is 17.1. The third-order valence-electron chi connectivity index (χ3n) is 5.33. The van der Waals surface area contributed by atoms with Gasteiger partial charge in [-0.3, -0.25) is 0 Å². The van der Waals surface area contributed by atoms with E-state index in [9.17, 15) is 10.1 Å². The van der Waals surface area contributed by atoms with Gasteiger partial charge in [0, 0.05) is 24.5 Å². The van der Waals surface area contributed by atoms with E-state index in [-0.39, 0.29) is 18.3 Å². The molecule has 1 fully saturated rings. The van der Waals surface area contributed by atoms with E-state index in [2.05, 4.69) is 9.55 Å². The lowest BCUT2D eigenvalue weighted by molar-refractivity contribution is -0.139. The molecule has 0 spiro atoms. The van der Waals surface area contributed by atoms with Crippen LogP contribution in [0.3, 0.4) is 0 Å². The molecule has 0 aliphatic carbocycles. The fourth-order valence-electron chi connectivity index (χ4n) is 3.73. The van der Waals surface area contributed by atoms with Crippen molar-refractivity contribution >= 4 is 33.6 Å². The van der Waals surface area contributed by atoms with Gasteiger partial charge in [-0.15, -0.1) is 11.3 Å². The molecular weight excluding hydrogens is 398 g/mol. The Labute approximate surface area is 179 Å². The minimum Gasteiger partial charge on any atom is -0.454 e. The molecule has 0 N–H and O–H groups in total. The number of hydrogen-bond acceptors (Lipinski definition) is 6. The average Bonchev–Trinajstić information content (AvgIpc) is 3.46. The monoisotopic (exact) mass is 421 g/mol. The van der Waals surface area contributed by atoms with Crippen molar-refractivity contribution in [2.24, 2.45) is 0 Å². The predicted molar refractivity (Wildman–Crippen MR) is 116 cm³/mol. The summed E-state index contributed by atoms with van der Waals surface area (Å²) in [5, 5.41) is 10.2. The molecule has 3 aromatic rings. The third-order valence-corrected chi connectivity index (χ3v) is 6.34. The van der Waals surface area contributed by atoms with Crippen molar-refractivity contribution in [2.45, 2.75) is 45.9 Å². The summed E-state index contributed by atoms with van der Waals surface area (Å²) in [5.41, 5.74) is 3.79. The molecule has 7 heteroatoms. The second-order valence-corrected chi connectivity index (χ2v) is 8.51. The highest BCUT2D eigenvalue weighted by atomic mass is 32.1. The normalized spacial score (nSPS) is 16.7. The summed E-state index contributed by atoms with van der Waals surface area (Å²) in [5.74, 6) is -0.638. The van der Waals surface area contributed by atoms with Gasteiger partial charge in [0.1, 0.15) is 23.3 Å². The first kappa shape index (κ1) is 20.3. The van der Waals surface area contributed by atoms with Crippen LogP contribution in [0.25, 0.3) is 16.3 Å². The highest BCUT2D eigenvalue weighted by Gasteiger charge is 2.19. The second kappa shape index (κ2) is 8.82. The highest BCUT2D eigenvalue weighted by molar-refractivity contribution is 7.18. The van der Waals surface area contributed by atoms with Crippen molar-refractivity contribution in [1.29, 1.82) is 5.26 Å². The van der Waals surface area contributed by atoms with Crippen LogP contribution >= 0.6 is 11.3 Å². The van der Waals surface area contributed by atoms with Crippen molar-refractivity contribution in [3.8, 4) is 6.07 Å². The van der Waals surface area contributed by atoms with Crippen LogP contribution in [0, 0.1) is 25.2 Å². The Balaban J connectivity index is 1.47. The van der Waals surface area contributed by atoms with Gasteiger partial charge in [0.15, 0.2) is 0 Å². The topological polar surface area (TPSA) is 77.1 Å². The van der Waals surface area contributed by atoms with E-state index in [4.69, 9.17) is 9.47 Å². The number of hydrogen-bond donors (Lipinski definition) is 0. The summed E-state index contributed by atoms with van der Waals surface area (Å²) in [6.07, 6.45) is 3.98. The van der Waals surface area contributed by atoms with Crippen LogP contribution in [0.2, 0.25) is 0 Å². The number of thiazole rings is 1. The summed E-state index contributed by atoms with van der Waals surface area (Å²) in [6.45, 7) is 5.67. The Morgan fingerprint density at radius 3 is 3.00 bits per heavy atom. The Hall–Kier alpha value is -2.95. The van der Waals surface area contributed by atoms with E-state index >= 15 is 0 Å². The fourth-order valence-corrected chi connectivity index (χ4v) is 4.61. The molecule has 3 heterocycles. The Morgan fingerprint density at radius 1 is 1.43 bits per heavy atom. The lowest BCUT2D eigenvalue weighted by Gasteiger charge is -2.14. The molecule has 1 aliphatic heterocycles. The number of nitrogens with zero attached hydrogens (tertiary/aromatic N) is 3. The maximum Gasteiger partial charge on any atom is 0.349 e. The van der Waals surface area contributed by atoms with Crippen LogP contribution in [-0.2, 0) is 27.4 Å². The molecule has 1 aliphatic rings. The minimum absolute atomic E-state index is 0.0199. The first-order valence-electron chi connectivity index (χ1n) is 9.97. The molecule has 6 nitrogen and oxygen atoms in total. The molecule has 0 radical (unpaired) electrons. The number of carbonyl (C=O) groups is 1. The summed E-state index contributed by atoms with van der Waals surface area (Å²) >= 11 is 1.48. The summed E-state index contributed by atoms with van der Waals surface area (Å²) < 4.78 is 14.3. The van der Waals surface area contributed by atoms with Gasteiger partial charge in [0.25, 0.3) is 0 Å². The SMILES string of the molecule is Cc1cc(/C=C(\C#N)C(=O)OCc2nc3ccccc3s2)c(C)n1C[C@H]1CCCO1. The van der Waals surface area contributed by atoms with Gasteiger partial charge >= 0.3 is 5.97 Å². The number of carbonyl (C=O) groups excluding carboxylic acids is 1. The number of benzene rings is 1. The quantitative estimate of drug-likeness (QED) is 0.332. The number of para-hydroxylation sites is 1. The van der Waals surface area contributed by atoms with Crippen LogP contribution < -0.4 is 0 Å². The van der Waals surface area contributed by atoms with Crippen molar-refractivity contribution in [3.63, 3.8) is 0 Å².